The van der Waals surface area contributed by atoms with Crippen LogP contribution in [0.3, 0.4) is 0 Å². The summed E-state index contributed by atoms with van der Waals surface area (Å²) in [4.78, 5) is 11.1. The predicted octanol–water partition coefficient (Wildman–Crippen LogP) is 1.94. The molecular weight excluding hydrogens is 326 g/mol. The summed E-state index contributed by atoms with van der Waals surface area (Å²) >= 11 is 5.42. The van der Waals surface area contributed by atoms with E-state index in [2.05, 4.69) is 25.5 Å². The first-order valence-corrected chi connectivity index (χ1v) is 8.99. The first-order valence-electron chi connectivity index (χ1n) is 8.58. The fourth-order valence-electron chi connectivity index (χ4n) is 3.10. The summed E-state index contributed by atoms with van der Waals surface area (Å²) < 4.78 is 10.7. The molecule has 1 aromatic heterocycles. The lowest BCUT2D eigenvalue weighted by Gasteiger charge is -2.28. The zero-order chi connectivity index (χ0) is 16.8. The average molecular weight is 351 g/mol. The Labute approximate surface area is 148 Å². The molecule has 24 heavy (non-hydrogen) atoms. The summed E-state index contributed by atoms with van der Waals surface area (Å²) in [7, 11) is 1.60. The quantitative estimate of drug-likeness (QED) is 0.798. The maximum Gasteiger partial charge on any atom is 0.234 e. The van der Waals surface area contributed by atoms with Crippen molar-refractivity contribution in [1.82, 2.24) is 15.3 Å². The first-order chi connectivity index (χ1) is 11.7. The molecule has 0 radical (unpaired) electrons. The van der Waals surface area contributed by atoms with Gasteiger partial charge in [0.2, 0.25) is 11.8 Å². The Kier molecular flexibility index (Phi) is 6.03. The van der Waals surface area contributed by atoms with E-state index in [1.165, 1.54) is 32.1 Å². The molecule has 0 aromatic carbocycles. The molecule has 132 valence electrons. The summed E-state index contributed by atoms with van der Waals surface area (Å²) in [6.45, 7) is 3.03. The fraction of sp³-hybridized carbons (Fsp3) is 0.688. The molecule has 2 aliphatic rings. The summed E-state index contributed by atoms with van der Waals surface area (Å²) in [6, 6.07) is 2.29. The molecular formula is C16H25N5O2S. The molecule has 0 amide bonds. The number of aromatic nitrogens is 2. The van der Waals surface area contributed by atoms with E-state index in [4.69, 9.17) is 21.7 Å². The van der Waals surface area contributed by atoms with Crippen LogP contribution in [0.1, 0.15) is 32.1 Å². The van der Waals surface area contributed by atoms with Crippen molar-refractivity contribution in [3.8, 4) is 5.88 Å². The zero-order valence-corrected chi connectivity index (χ0v) is 14.9. The highest BCUT2D eigenvalue weighted by Gasteiger charge is 2.17. The van der Waals surface area contributed by atoms with E-state index in [0.717, 1.165) is 18.9 Å². The second-order valence-electron chi connectivity index (χ2n) is 6.12. The van der Waals surface area contributed by atoms with E-state index < -0.39 is 0 Å². The smallest absolute Gasteiger partial charge is 0.234 e. The van der Waals surface area contributed by atoms with E-state index in [9.17, 15) is 0 Å². The van der Waals surface area contributed by atoms with Crippen LogP contribution in [0.15, 0.2) is 6.07 Å². The maximum atomic E-state index is 5.42. The van der Waals surface area contributed by atoms with E-state index in [1.807, 2.05) is 6.07 Å². The second-order valence-corrected chi connectivity index (χ2v) is 6.53. The van der Waals surface area contributed by atoms with Gasteiger partial charge in [-0.2, -0.15) is 9.97 Å². The van der Waals surface area contributed by atoms with E-state index in [0.29, 0.717) is 36.2 Å². The van der Waals surface area contributed by atoms with Gasteiger partial charge >= 0.3 is 0 Å². The molecule has 3 rings (SSSR count). The van der Waals surface area contributed by atoms with Crippen LogP contribution in [0.2, 0.25) is 0 Å². The number of ether oxygens (including phenoxy) is 2. The number of anilines is 2. The normalized spacial score (nSPS) is 19.0. The lowest BCUT2D eigenvalue weighted by molar-refractivity contribution is 0.122. The predicted molar refractivity (Wildman–Crippen MR) is 97.8 cm³/mol. The summed E-state index contributed by atoms with van der Waals surface area (Å²) in [5.41, 5.74) is 0. The number of rotatable bonds is 4. The molecule has 2 N–H and O–H groups in total. The van der Waals surface area contributed by atoms with Crippen molar-refractivity contribution in [3.05, 3.63) is 6.07 Å². The first kappa shape index (κ1) is 17.2. The van der Waals surface area contributed by atoms with Gasteiger partial charge in [0.05, 0.1) is 20.3 Å². The molecule has 2 heterocycles. The van der Waals surface area contributed by atoms with Gasteiger partial charge in [-0.25, -0.2) is 0 Å². The van der Waals surface area contributed by atoms with Gasteiger partial charge in [-0.05, 0) is 25.1 Å². The number of morpholine rings is 1. The number of thiocarbonyl (C=S) groups is 1. The molecule has 1 saturated heterocycles. The van der Waals surface area contributed by atoms with Gasteiger partial charge in [0.1, 0.15) is 5.82 Å². The molecule has 2 fully saturated rings. The molecule has 7 nitrogen and oxygen atoms in total. The Bertz CT molecular complexity index is 559. The molecule has 1 aliphatic carbocycles. The van der Waals surface area contributed by atoms with Crippen molar-refractivity contribution in [2.24, 2.45) is 0 Å². The SMILES string of the molecule is COc1cc(N2CCOCC2)nc(NC(=S)NC2CCCCC2)n1. The van der Waals surface area contributed by atoms with Crippen LogP contribution >= 0.6 is 12.2 Å². The van der Waals surface area contributed by atoms with Crippen LogP contribution in [0.4, 0.5) is 11.8 Å². The Morgan fingerprint density at radius 1 is 1.25 bits per heavy atom. The van der Waals surface area contributed by atoms with Gasteiger partial charge in [-0.1, -0.05) is 19.3 Å². The van der Waals surface area contributed by atoms with Crippen LogP contribution in [-0.2, 0) is 4.74 Å². The molecule has 1 aliphatic heterocycles. The highest BCUT2D eigenvalue weighted by molar-refractivity contribution is 7.80. The molecule has 0 atom stereocenters. The minimum atomic E-state index is 0.447. The Morgan fingerprint density at radius 2 is 2.00 bits per heavy atom. The third-order valence-corrected chi connectivity index (χ3v) is 4.62. The van der Waals surface area contributed by atoms with Gasteiger partial charge in [0, 0.05) is 25.2 Å². The lowest BCUT2D eigenvalue weighted by atomic mass is 9.96. The summed E-state index contributed by atoms with van der Waals surface area (Å²) in [6.07, 6.45) is 6.17. The van der Waals surface area contributed by atoms with Crippen molar-refractivity contribution in [2.45, 2.75) is 38.1 Å². The zero-order valence-electron chi connectivity index (χ0n) is 14.1. The van der Waals surface area contributed by atoms with Crippen LogP contribution in [0.5, 0.6) is 5.88 Å². The highest BCUT2D eigenvalue weighted by Crippen LogP contribution is 2.21. The molecule has 0 bridgehead atoms. The standard InChI is InChI=1S/C16H25N5O2S/c1-22-14-11-13(21-7-9-23-10-8-21)18-15(19-14)20-16(24)17-12-5-3-2-4-6-12/h11-12H,2-10H2,1H3,(H2,17,18,19,20,24). The number of nitrogens with zero attached hydrogens (tertiary/aromatic N) is 3. The topological polar surface area (TPSA) is 71.5 Å². The monoisotopic (exact) mass is 351 g/mol. The summed E-state index contributed by atoms with van der Waals surface area (Å²) in [5.74, 6) is 1.81. The van der Waals surface area contributed by atoms with Gasteiger partial charge in [0.25, 0.3) is 0 Å². The van der Waals surface area contributed by atoms with Gasteiger partial charge in [0.15, 0.2) is 5.11 Å². The average Bonchev–Trinajstić information content (AvgIpc) is 2.63. The fourth-order valence-corrected chi connectivity index (χ4v) is 3.36. The van der Waals surface area contributed by atoms with E-state index >= 15 is 0 Å². The number of hydrogen-bond acceptors (Lipinski definition) is 6. The second kappa shape index (κ2) is 8.43. The van der Waals surface area contributed by atoms with Crippen LogP contribution in [0.25, 0.3) is 0 Å². The molecule has 8 heteroatoms. The molecule has 1 aromatic rings. The minimum Gasteiger partial charge on any atom is -0.481 e. The highest BCUT2D eigenvalue weighted by atomic mass is 32.1. The molecule has 1 saturated carbocycles. The molecule has 0 unspecified atom stereocenters. The maximum absolute atomic E-state index is 5.42. The van der Waals surface area contributed by atoms with E-state index in [-0.39, 0.29) is 0 Å². The van der Waals surface area contributed by atoms with Crippen molar-refractivity contribution in [1.29, 1.82) is 0 Å². The Morgan fingerprint density at radius 3 is 2.71 bits per heavy atom. The van der Waals surface area contributed by atoms with Gasteiger partial charge in [-0.3, -0.25) is 0 Å². The summed E-state index contributed by atoms with van der Waals surface area (Å²) in [5, 5.41) is 7.05. The minimum absolute atomic E-state index is 0.447. The van der Waals surface area contributed by atoms with Crippen LogP contribution in [0, 0.1) is 0 Å². The van der Waals surface area contributed by atoms with E-state index in [1.54, 1.807) is 7.11 Å². The number of hydrogen-bond donors (Lipinski definition) is 2. The van der Waals surface area contributed by atoms with Crippen molar-refractivity contribution < 1.29 is 9.47 Å². The van der Waals surface area contributed by atoms with Crippen LogP contribution < -0.4 is 20.3 Å². The third-order valence-electron chi connectivity index (χ3n) is 4.40. The molecule has 0 spiro atoms. The largest absolute Gasteiger partial charge is 0.481 e. The van der Waals surface area contributed by atoms with Crippen LogP contribution in [-0.4, -0.2) is 54.5 Å². The van der Waals surface area contributed by atoms with Crippen molar-refractivity contribution >= 4 is 29.1 Å². The number of methoxy groups -OCH3 is 1. The van der Waals surface area contributed by atoms with Gasteiger partial charge in [-0.15, -0.1) is 0 Å². The van der Waals surface area contributed by atoms with Gasteiger partial charge < -0.3 is 25.0 Å². The Hall–Kier alpha value is -1.67. The van der Waals surface area contributed by atoms with Crippen molar-refractivity contribution in [2.75, 3.05) is 43.6 Å². The number of nitrogens with one attached hydrogen (secondary N) is 2. The lowest BCUT2D eigenvalue weighted by Crippen LogP contribution is -2.39. The van der Waals surface area contributed by atoms with Crippen molar-refractivity contribution in [3.63, 3.8) is 0 Å². The Balaban J connectivity index is 1.66. The third kappa shape index (κ3) is 4.67.